The van der Waals surface area contributed by atoms with Gasteiger partial charge in [-0.05, 0) is 70.2 Å². The molecule has 0 fully saturated rings. The monoisotopic (exact) mass is 430 g/mol. The summed E-state index contributed by atoms with van der Waals surface area (Å²) in [4.78, 5) is 0. The molecule has 0 bridgehead atoms. The van der Waals surface area contributed by atoms with Crippen molar-refractivity contribution in [3.63, 3.8) is 0 Å². The molecule has 1 aliphatic rings. The zero-order valence-corrected chi connectivity index (χ0v) is 20.7. The van der Waals surface area contributed by atoms with E-state index in [4.69, 9.17) is 0 Å². The molecule has 0 heteroatoms. The molecule has 0 saturated carbocycles. The number of hydrogen-bond donors (Lipinski definition) is 0. The number of aryl methyl sites for hydroxylation is 2. The largest absolute Gasteiger partial charge is 0.0719 e. The Morgan fingerprint density at radius 2 is 0.879 bits per heavy atom. The molecule has 0 spiro atoms. The van der Waals surface area contributed by atoms with Gasteiger partial charge >= 0.3 is 0 Å². The quantitative estimate of drug-likeness (QED) is 0.267. The van der Waals surface area contributed by atoms with Crippen molar-refractivity contribution in [1.29, 1.82) is 0 Å². The maximum Gasteiger partial charge on any atom is 0.0719 e. The minimum Gasteiger partial charge on any atom is -0.0620 e. The standard InChI is InChI=1S/C33H34/c1-21(2)25-11-7-9-13-29(25)33(30-14-10-8-12-26(30)22(3)4)31-19-23(5)15-17-27(31)28-18-16-24(6)20-32(28)33/h7-22H,1-6H3. The summed E-state index contributed by atoms with van der Waals surface area (Å²) in [5, 5.41) is 0. The number of hydrogen-bond acceptors (Lipinski definition) is 0. The van der Waals surface area contributed by atoms with E-state index in [-0.39, 0.29) is 5.41 Å². The van der Waals surface area contributed by atoms with Gasteiger partial charge in [0.1, 0.15) is 0 Å². The zero-order chi connectivity index (χ0) is 23.3. The fourth-order valence-electron chi connectivity index (χ4n) is 5.96. The highest BCUT2D eigenvalue weighted by Crippen LogP contribution is 2.58. The van der Waals surface area contributed by atoms with Crippen LogP contribution in [0.4, 0.5) is 0 Å². The Kier molecular flexibility index (Phi) is 5.28. The average molecular weight is 431 g/mol. The van der Waals surface area contributed by atoms with Crippen LogP contribution in [0.1, 0.15) is 84.0 Å². The predicted molar refractivity (Wildman–Crippen MR) is 141 cm³/mol. The molecule has 4 aromatic rings. The third kappa shape index (κ3) is 3.19. The molecule has 0 nitrogen and oxygen atoms in total. The van der Waals surface area contributed by atoms with E-state index in [0.717, 1.165) is 0 Å². The van der Waals surface area contributed by atoms with Gasteiger partial charge in [0.2, 0.25) is 0 Å². The second-order valence-electron chi connectivity index (χ2n) is 10.3. The highest BCUT2D eigenvalue weighted by atomic mass is 14.5. The van der Waals surface area contributed by atoms with E-state index < -0.39 is 0 Å². The zero-order valence-electron chi connectivity index (χ0n) is 20.7. The van der Waals surface area contributed by atoms with E-state index in [1.807, 2.05) is 0 Å². The maximum atomic E-state index is 2.44. The normalized spacial score (nSPS) is 13.9. The summed E-state index contributed by atoms with van der Waals surface area (Å²) in [6.45, 7) is 13.7. The first-order chi connectivity index (χ1) is 15.9. The summed E-state index contributed by atoms with van der Waals surface area (Å²) >= 11 is 0. The Bertz CT molecular complexity index is 1230. The summed E-state index contributed by atoms with van der Waals surface area (Å²) < 4.78 is 0. The van der Waals surface area contributed by atoms with Gasteiger partial charge in [0, 0.05) is 0 Å². The second kappa shape index (κ2) is 8.03. The molecule has 0 saturated heterocycles. The van der Waals surface area contributed by atoms with Crippen molar-refractivity contribution in [3.05, 3.63) is 129 Å². The number of fused-ring (bicyclic) bond motifs is 3. The highest BCUT2D eigenvalue weighted by molar-refractivity contribution is 5.87. The molecule has 1 aliphatic carbocycles. The molecule has 166 valence electrons. The Morgan fingerprint density at radius 3 is 1.27 bits per heavy atom. The maximum absolute atomic E-state index is 2.44. The molecule has 0 unspecified atom stereocenters. The Balaban J connectivity index is 2.05. The fourth-order valence-corrected chi connectivity index (χ4v) is 5.96. The van der Waals surface area contributed by atoms with Crippen LogP contribution in [-0.4, -0.2) is 0 Å². The van der Waals surface area contributed by atoms with Gasteiger partial charge in [0.05, 0.1) is 5.41 Å². The van der Waals surface area contributed by atoms with Crippen LogP contribution in [-0.2, 0) is 5.41 Å². The van der Waals surface area contributed by atoms with E-state index in [0.29, 0.717) is 11.8 Å². The fraction of sp³-hybridized carbons (Fsp3) is 0.273. The van der Waals surface area contributed by atoms with Crippen LogP contribution >= 0.6 is 0 Å². The molecule has 0 N–H and O–H groups in total. The van der Waals surface area contributed by atoms with Crippen LogP contribution in [0.3, 0.4) is 0 Å². The van der Waals surface area contributed by atoms with Crippen LogP contribution in [0.15, 0.2) is 84.9 Å². The minimum absolute atomic E-state index is 0.329. The summed E-state index contributed by atoms with van der Waals surface area (Å²) in [5.74, 6) is 0.873. The smallest absolute Gasteiger partial charge is 0.0620 e. The molecule has 0 atom stereocenters. The molecule has 0 amide bonds. The van der Waals surface area contributed by atoms with Crippen molar-refractivity contribution in [2.75, 3.05) is 0 Å². The van der Waals surface area contributed by atoms with Crippen LogP contribution < -0.4 is 0 Å². The van der Waals surface area contributed by atoms with Crippen molar-refractivity contribution in [2.24, 2.45) is 0 Å². The van der Waals surface area contributed by atoms with Crippen molar-refractivity contribution >= 4 is 0 Å². The predicted octanol–water partition coefficient (Wildman–Crippen LogP) is 8.91. The lowest BCUT2D eigenvalue weighted by Crippen LogP contribution is -2.32. The lowest BCUT2D eigenvalue weighted by molar-refractivity contribution is 0.705. The van der Waals surface area contributed by atoms with Gasteiger partial charge in [-0.15, -0.1) is 0 Å². The van der Waals surface area contributed by atoms with Gasteiger partial charge in [0.25, 0.3) is 0 Å². The van der Waals surface area contributed by atoms with E-state index in [1.54, 1.807) is 0 Å². The average Bonchev–Trinajstić information content (AvgIpc) is 3.08. The van der Waals surface area contributed by atoms with E-state index >= 15 is 0 Å². The Hall–Kier alpha value is -3.12. The first kappa shape index (κ1) is 21.7. The lowest BCUT2D eigenvalue weighted by Gasteiger charge is -2.38. The third-order valence-electron chi connectivity index (χ3n) is 7.42. The van der Waals surface area contributed by atoms with Crippen LogP contribution in [0.25, 0.3) is 11.1 Å². The van der Waals surface area contributed by atoms with Crippen LogP contribution in [0.2, 0.25) is 0 Å². The van der Waals surface area contributed by atoms with E-state index in [2.05, 4.69) is 126 Å². The Labute approximate surface area is 199 Å². The van der Waals surface area contributed by atoms with Gasteiger partial charge in [-0.1, -0.05) is 124 Å². The van der Waals surface area contributed by atoms with Crippen molar-refractivity contribution < 1.29 is 0 Å². The molecule has 5 rings (SSSR count). The minimum atomic E-state index is -0.329. The van der Waals surface area contributed by atoms with Crippen molar-refractivity contribution in [1.82, 2.24) is 0 Å². The Morgan fingerprint density at radius 1 is 0.485 bits per heavy atom. The number of rotatable bonds is 4. The van der Waals surface area contributed by atoms with Gasteiger partial charge < -0.3 is 0 Å². The summed E-state index contributed by atoms with van der Waals surface area (Å²) in [6, 6.07) is 32.4. The molecule has 0 aromatic heterocycles. The van der Waals surface area contributed by atoms with Gasteiger partial charge in [-0.2, -0.15) is 0 Å². The molecule has 0 radical (unpaired) electrons. The second-order valence-corrected chi connectivity index (χ2v) is 10.3. The number of benzene rings is 4. The third-order valence-corrected chi connectivity index (χ3v) is 7.42. The first-order valence-corrected chi connectivity index (χ1v) is 12.3. The van der Waals surface area contributed by atoms with E-state index in [9.17, 15) is 0 Å². The molecular formula is C33H34. The first-order valence-electron chi connectivity index (χ1n) is 12.3. The summed E-state index contributed by atoms with van der Waals surface area (Å²) in [5.41, 5.74) is 13.6. The van der Waals surface area contributed by atoms with Crippen LogP contribution in [0, 0.1) is 13.8 Å². The molecule has 33 heavy (non-hydrogen) atoms. The van der Waals surface area contributed by atoms with Crippen molar-refractivity contribution in [2.45, 2.75) is 58.8 Å². The highest BCUT2D eigenvalue weighted by Gasteiger charge is 2.48. The summed E-state index contributed by atoms with van der Waals surface area (Å²) in [7, 11) is 0. The van der Waals surface area contributed by atoms with Gasteiger partial charge in [0.15, 0.2) is 0 Å². The van der Waals surface area contributed by atoms with Gasteiger partial charge in [-0.3, -0.25) is 0 Å². The summed E-state index contributed by atoms with van der Waals surface area (Å²) in [6.07, 6.45) is 0. The van der Waals surface area contributed by atoms with Gasteiger partial charge in [-0.25, -0.2) is 0 Å². The molecule has 4 aromatic carbocycles. The molecule has 0 heterocycles. The van der Waals surface area contributed by atoms with Crippen LogP contribution in [0.5, 0.6) is 0 Å². The molecule has 0 aliphatic heterocycles. The lowest BCUT2D eigenvalue weighted by atomic mass is 9.63. The topological polar surface area (TPSA) is 0 Å². The van der Waals surface area contributed by atoms with E-state index in [1.165, 1.54) is 55.6 Å². The SMILES string of the molecule is Cc1ccc2c(c1)C(c1ccccc1C(C)C)(c1ccccc1C(C)C)c1cc(C)ccc1-2. The molecular weight excluding hydrogens is 396 g/mol. The van der Waals surface area contributed by atoms with Crippen molar-refractivity contribution in [3.8, 4) is 11.1 Å².